The number of alkyl halides is 3. The molecule has 1 amide bonds. The molecule has 19 heavy (non-hydrogen) atoms. The fourth-order valence-electron chi connectivity index (χ4n) is 1.60. The molecule has 0 radical (unpaired) electrons. The summed E-state index contributed by atoms with van der Waals surface area (Å²) in [6, 6.07) is 2.67. The Balaban J connectivity index is 3.21. The number of carbonyl (C=O) groups is 1. The van der Waals surface area contributed by atoms with Crippen LogP contribution >= 0.6 is 0 Å². The lowest BCUT2D eigenvalue weighted by Crippen LogP contribution is -2.13. The Morgan fingerprint density at radius 3 is 2.53 bits per heavy atom. The third-order valence-corrected chi connectivity index (χ3v) is 2.45. The molecular weight excluding hydrogens is 263 g/mol. The number of anilines is 1. The Morgan fingerprint density at radius 1 is 1.42 bits per heavy atom. The van der Waals surface area contributed by atoms with E-state index in [1.54, 1.807) is 0 Å². The molecular formula is C12H14F3NO3. The molecule has 1 atom stereocenters. The minimum Gasteiger partial charge on any atom is -0.396 e. The van der Waals surface area contributed by atoms with Gasteiger partial charge in [0.25, 0.3) is 0 Å². The molecule has 0 fully saturated rings. The third-order valence-electron chi connectivity index (χ3n) is 2.45. The van der Waals surface area contributed by atoms with Crippen molar-refractivity contribution in [2.75, 3.05) is 11.9 Å². The van der Waals surface area contributed by atoms with Gasteiger partial charge in [-0.3, -0.25) is 4.79 Å². The number of hydrogen-bond donors (Lipinski definition) is 3. The number of halogens is 3. The van der Waals surface area contributed by atoms with Gasteiger partial charge in [0.15, 0.2) is 0 Å². The van der Waals surface area contributed by atoms with Gasteiger partial charge in [0, 0.05) is 31.2 Å². The highest BCUT2D eigenvalue weighted by atomic mass is 19.4. The van der Waals surface area contributed by atoms with Crippen molar-refractivity contribution >= 4 is 11.6 Å². The van der Waals surface area contributed by atoms with Crippen LogP contribution in [0.4, 0.5) is 18.9 Å². The van der Waals surface area contributed by atoms with Crippen molar-refractivity contribution in [3.8, 4) is 0 Å². The lowest BCUT2D eigenvalue weighted by atomic mass is 10.0. The van der Waals surface area contributed by atoms with E-state index in [1.165, 1.54) is 6.92 Å². The van der Waals surface area contributed by atoms with Crippen molar-refractivity contribution in [1.82, 2.24) is 0 Å². The molecule has 106 valence electrons. The van der Waals surface area contributed by atoms with Crippen LogP contribution in [-0.2, 0) is 11.0 Å². The van der Waals surface area contributed by atoms with Gasteiger partial charge >= 0.3 is 6.18 Å². The average molecular weight is 277 g/mol. The molecule has 0 saturated carbocycles. The van der Waals surface area contributed by atoms with E-state index in [9.17, 15) is 23.1 Å². The summed E-state index contributed by atoms with van der Waals surface area (Å²) >= 11 is 0. The predicted octanol–water partition coefficient (Wildman–Crippen LogP) is 2.08. The highest BCUT2D eigenvalue weighted by molar-refractivity contribution is 5.89. The quantitative estimate of drug-likeness (QED) is 0.789. The summed E-state index contributed by atoms with van der Waals surface area (Å²) in [6.45, 7) is 0.830. The van der Waals surface area contributed by atoms with Gasteiger partial charge in [-0.15, -0.1) is 0 Å². The fraction of sp³-hybridized carbons (Fsp3) is 0.417. The number of benzene rings is 1. The maximum atomic E-state index is 12.6. The van der Waals surface area contributed by atoms with Gasteiger partial charge < -0.3 is 15.5 Å². The molecule has 0 heterocycles. The third kappa shape index (κ3) is 4.22. The zero-order valence-corrected chi connectivity index (χ0v) is 10.2. The smallest absolute Gasteiger partial charge is 0.396 e. The molecule has 7 heteroatoms. The number of carbonyl (C=O) groups excluding carboxylic acids is 1. The highest BCUT2D eigenvalue weighted by Crippen LogP contribution is 2.34. The minimum atomic E-state index is -4.54. The second kappa shape index (κ2) is 6.03. The molecule has 0 aliphatic carbocycles. The van der Waals surface area contributed by atoms with Crippen LogP contribution in [0.5, 0.6) is 0 Å². The first-order valence-corrected chi connectivity index (χ1v) is 5.53. The van der Waals surface area contributed by atoms with Gasteiger partial charge in [0.05, 0.1) is 11.7 Å². The normalized spacial score (nSPS) is 13.2. The number of aliphatic hydroxyl groups is 2. The molecule has 1 aromatic rings. The van der Waals surface area contributed by atoms with Crippen LogP contribution in [0.15, 0.2) is 18.2 Å². The molecule has 1 aromatic carbocycles. The maximum absolute atomic E-state index is 12.6. The Morgan fingerprint density at radius 2 is 2.05 bits per heavy atom. The molecule has 0 aliphatic heterocycles. The fourth-order valence-corrected chi connectivity index (χ4v) is 1.60. The van der Waals surface area contributed by atoms with E-state index in [4.69, 9.17) is 5.11 Å². The van der Waals surface area contributed by atoms with Crippen molar-refractivity contribution in [1.29, 1.82) is 0 Å². The topological polar surface area (TPSA) is 69.6 Å². The Bertz CT molecular complexity index is 460. The van der Waals surface area contributed by atoms with Crippen LogP contribution in [-0.4, -0.2) is 22.7 Å². The SMILES string of the molecule is CC(=O)Nc1ccc(C(F)(F)F)cc1C(O)CCO. The number of hydrogen-bond acceptors (Lipinski definition) is 3. The number of aliphatic hydroxyl groups excluding tert-OH is 2. The molecule has 0 aliphatic rings. The summed E-state index contributed by atoms with van der Waals surface area (Å²) in [7, 11) is 0. The molecule has 0 saturated heterocycles. The zero-order chi connectivity index (χ0) is 14.6. The summed E-state index contributed by atoms with van der Waals surface area (Å²) in [4.78, 5) is 11.0. The summed E-state index contributed by atoms with van der Waals surface area (Å²) in [5, 5.41) is 20.8. The van der Waals surface area contributed by atoms with Crippen LogP contribution in [0.25, 0.3) is 0 Å². The van der Waals surface area contributed by atoms with Gasteiger partial charge in [-0.1, -0.05) is 0 Å². The molecule has 0 spiro atoms. The lowest BCUT2D eigenvalue weighted by molar-refractivity contribution is -0.137. The van der Waals surface area contributed by atoms with E-state index in [-0.39, 0.29) is 24.3 Å². The predicted molar refractivity (Wildman–Crippen MR) is 62.4 cm³/mol. The average Bonchev–Trinajstić information content (AvgIpc) is 2.27. The standard InChI is InChI=1S/C12H14F3NO3/c1-7(18)16-10-3-2-8(12(13,14)15)6-9(10)11(19)4-5-17/h2-3,6,11,17,19H,4-5H2,1H3,(H,16,18). The number of amides is 1. The molecule has 1 unspecified atom stereocenters. The van der Waals surface area contributed by atoms with Gasteiger partial charge in [-0.05, 0) is 18.2 Å². The van der Waals surface area contributed by atoms with Gasteiger partial charge in [-0.2, -0.15) is 13.2 Å². The number of rotatable bonds is 4. The van der Waals surface area contributed by atoms with E-state index in [0.717, 1.165) is 18.2 Å². The minimum absolute atomic E-state index is 0.0703. The van der Waals surface area contributed by atoms with E-state index >= 15 is 0 Å². The van der Waals surface area contributed by atoms with E-state index in [0.29, 0.717) is 0 Å². The van der Waals surface area contributed by atoms with Gasteiger partial charge in [0.1, 0.15) is 0 Å². The summed E-state index contributed by atoms with van der Waals surface area (Å²) in [5.74, 6) is -0.461. The maximum Gasteiger partial charge on any atom is 0.416 e. The molecule has 0 bridgehead atoms. The highest BCUT2D eigenvalue weighted by Gasteiger charge is 2.31. The summed E-state index contributed by atoms with van der Waals surface area (Å²) in [6.07, 6.45) is -5.94. The van der Waals surface area contributed by atoms with E-state index in [1.807, 2.05) is 0 Å². The largest absolute Gasteiger partial charge is 0.416 e. The van der Waals surface area contributed by atoms with Crippen LogP contribution in [0, 0.1) is 0 Å². The van der Waals surface area contributed by atoms with Crippen molar-refractivity contribution in [2.45, 2.75) is 25.6 Å². The summed E-state index contributed by atoms with van der Waals surface area (Å²) < 4.78 is 37.8. The first-order chi connectivity index (χ1) is 8.75. The van der Waals surface area contributed by atoms with Crippen LogP contribution < -0.4 is 5.32 Å². The zero-order valence-electron chi connectivity index (χ0n) is 10.2. The second-order valence-corrected chi connectivity index (χ2v) is 4.01. The van der Waals surface area contributed by atoms with Crippen LogP contribution in [0.3, 0.4) is 0 Å². The first kappa shape index (κ1) is 15.5. The lowest BCUT2D eigenvalue weighted by Gasteiger charge is -2.17. The second-order valence-electron chi connectivity index (χ2n) is 4.01. The molecule has 1 rings (SSSR count). The Labute approximate surface area is 107 Å². The van der Waals surface area contributed by atoms with Crippen molar-refractivity contribution in [3.63, 3.8) is 0 Å². The first-order valence-electron chi connectivity index (χ1n) is 5.53. The van der Waals surface area contributed by atoms with Crippen molar-refractivity contribution in [3.05, 3.63) is 29.3 Å². The van der Waals surface area contributed by atoms with Crippen LogP contribution in [0.1, 0.15) is 30.6 Å². The Kier molecular flexibility index (Phi) is 4.90. The van der Waals surface area contributed by atoms with Gasteiger partial charge in [-0.25, -0.2) is 0 Å². The van der Waals surface area contributed by atoms with Crippen LogP contribution in [0.2, 0.25) is 0 Å². The molecule has 3 N–H and O–H groups in total. The van der Waals surface area contributed by atoms with E-state index in [2.05, 4.69) is 5.32 Å². The van der Waals surface area contributed by atoms with E-state index < -0.39 is 23.8 Å². The van der Waals surface area contributed by atoms with Gasteiger partial charge in [0.2, 0.25) is 5.91 Å². The molecule has 4 nitrogen and oxygen atoms in total. The van der Waals surface area contributed by atoms with Crippen molar-refractivity contribution in [2.24, 2.45) is 0 Å². The molecule has 0 aromatic heterocycles. The summed E-state index contributed by atoms with van der Waals surface area (Å²) in [5.41, 5.74) is -0.894. The monoisotopic (exact) mass is 277 g/mol. The Hall–Kier alpha value is -1.60. The van der Waals surface area contributed by atoms with Crippen molar-refractivity contribution < 1.29 is 28.2 Å². The number of nitrogens with one attached hydrogen (secondary N) is 1.